The smallest absolute Gasteiger partial charge is 0.305 e. The molecular weight excluding hydrogens is 260 g/mol. The molecule has 1 aromatic carbocycles. The Bertz CT molecular complexity index is 638. The summed E-state index contributed by atoms with van der Waals surface area (Å²) in [6.45, 7) is -0.384. The number of carbonyl (C=O) groups excluding carboxylic acids is 1. The van der Waals surface area contributed by atoms with Gasteiger partial charge >= 0.3 is 5.97 Å². The van der Waals surface area contributed by atoms with Crippen LogP contribution >= 0.6 is 0 Å². The largest absolute Gasteiger partial charge is 0.481 e. The highest BCUT2D eigenvalue weighted by atomic mass is 32.2. The second-order valence-electron chi connectivity index (χ2n) is 3.78. The van der Waals surface area contributed by atoms with Crippen LogP contribution < -0.4 is 5.73 Å². The summed E-state index contributed by atoms with van der Waals surface area (Å²) in [6, 6.07) is 3.90. The number of hydrogen-bond acceptors (Lipinski definition) is 5. The average molecular weight is 270 g/mol. The maximum Gasteiger partial charge on any atom is 0.305 e. The molecular formula is C10H10N2O5S. The summed E-state index contributed by atoms with van der Waals surface area (Å²) in [7, 11) is -3.94. The van der Waals surface area contributed by atoms with Crippen LogP contribution in [0.2, 0.25) is 0 Å². The van der Waals surface area contributed by atoms with Gasteiger partial charge in [0.15, 0.2) is 0 Å². The molecule has 0 radical (unpaired) electrons. The van der Waals surface area contributed by atoms with Gasteiger partial charge in [-0.05, 0) is 18.2 Å². The fourth-order valence-corrected chi connectivity index (χ4v) is 3.27. The number of carboxylic acid groups (broad SMARTS) is 1. The van der Waals surface area contributed by atoms with Gasteiger partial charge in [0.1, 0.15) is 4.90 Å². The maximum atomic E-state index is 12.0. The van der Waals surface area contributed by atoms with E-state index < -0.39 is 28.3 Å². The lowest BCUT2D eigenvalue weighted by molar-refractivity contribution is -0.137. The molecule has 2 rings (SSSR count). The number of amides is 1. The van der Waals surface area contributed by atoms with Gasteiger partial charge in [-0.2, -0.15) is 0 Å². The Hall–Kier alpha value is -2.09. The highest BCUT2D eigenvalue weighted by molar-refractivity contribution is 7.90. The first-order chi connectivity index (χ1) is 8.34. The molecule has 96 valence electrons. The Morgan fingerprint density at radius 1 is 1.39 bits per heavy atom. The molecule has 1 aromatic rings. The van der Waals surface area contributed by atoms with Gasteiger partial charge in [-0.1, -0.05) is 0 Å². The fraction of sp³-hybridized carbons (Fsp3) is 0.200. The van der Waals surface area contributed by atoms with Gasteiger partial charge in [-0.15, -0.1) is 0 Å². The number of anilines is 1. The van der Waals surface area contributed by atoms with Crippen molar-refractivity contribution in [3.63, 3.8) is 0 Å². The molecule has 0 fully saturated rings. The number of fused-ring (bicyclic) bond motifs is 1. The maximum absolute atomic E-state index is 12.0. The van der Waals surface area contributed by atoms with Gasteiger partial charge in [0.25, 0.3) is 15.9 Å². The first-order valence-corrected chi connectivity index (χ1v) is 6.46. The Morgan fingerprint density at radius 2 is 2.06 bits per heavy atom. The molecule has 1 heterocycles. The summed E-state index contributed by atoms with van der Waals surface area (Å²) in [5, 5.41) is 8.54. The van der Waals surface area contributed by atoms with Gasteiger partial charge < -0.3 is 10.8 Å². The van der Waals surface area contributed by atoms with Crippen LogP contribution in [0.1, 0.15) is 16.8 Å². The lowest BCUT2D eigenvalue weighted by atomic mass is 10.2. The number of sulfonamides is 1. The second kappa shape index (κ2) is 3.98. The van der Waals surface area contributed by atoms with E-state index in [1.807, 2.05) is 0 Å². The van der Waals surface area contributed by atoms with Crippen molar-refractivity contribution in [3.8, 4) is 0 Å². The normalized spacial score (nSPS) is 16.7. The molecule has 8 heteroatoms. The van der Waals surface area contributed by atoms with E-state index >= 15 is 0 Å². The van der Waals surface area contributed by atoms with Crippen LogP contribution in [-0.4, -0.2) is 36.3 Å². The zero-order valence-corrected chi connectivity index (χ0v) is 9.98. The van der Waals surface area contributed by atoms with Crippen LogP contribution in [-0.2, 0) is 14.8 Å². The van der Waals surface area contributed by atoms with E-state index in [-0.39, 0.29) is 22.7 Å². The van der Waals surface area contributed by atoms with Crippen molar-refractivity contribution < 1.29 is 23.1 Å². The molecule has 0 unspecified atom stereocenters. The van der Waals surface area contributed by atoms with E-state index in [9.17, 15) is 18.0 Å². The third-order valence-corrected chi connectivity index (χ3v) is 4.40. The van der Waals surface area contributed by atoms with E-state index in [1.54, 1.807) is 0 Å². The first-order valence-electron chi connectivity index (χ1n) is 5.02. The molecule has 0 bridgehead atoms. The minimum absolute atomic E-state index is 0.0135. The van der Waals surface area contributed by atoms with Crippen LogP contribution in [0.15, 0.2) is 23.1 Å². The summed E-state index contributed by atoms with van der Waals surface area (Å²) in [5.41, 5.74) is 5.75. The van der Waals surface area contributed by atoms with E-state index in [1.165, 1.54) is 18.2 Å². The topological polar surface area (TPSA) is 118 Å². The summed E-state index contributed by atoms with van der Waals surface area (Å²) in [6.07, 6.45) is -0.436. The molecule has 18 heavy (non-hydrogen) atoms. The van der Waals surface area contributed by atoms with Gasteiger partial charge in [-0.3, -0.25) is 9.59 Å². The van der Waals surface area contributed by atoms with Crippen molar-refractivity contribution in [2.24, 2.45) is 0 Å². The van der Waals surface area contributed by atoms with E-state index in [0.29, 0.717) is 4.31 Å². The molecule has 7 nitrogen and oxygen atoms in total. The third-order valence-electron chi connectivity index (χ3n) is 2.56. The number of carbonyl (C=O) groups is 2. The van der Waals surface area contributed by atoms with Crippen molar-refractivity contribution in [2.75, 3.05) is 12.3 Å². The first kappa shape index (κ1) is 12.4. The number of aliphatic carboxylic acids is 1. The van der Waals surface area contributed by atoms with Gasteiger partial charge in [0.05, 0.1) is 12.0 Å². The monoisotopic (exact) mass is 270 g/mol. The Balaban J connectivity index is 2.44. The molecule has 1 amide bonds. The number of benzene rings is 1. The van der Waals surface area contributed by atoms with Crippen LogP contribution in [0.5, 0.6) is 0 Å². The summed E-state index contributed by atoms with van der Waals surface area (Å²) in [4.78, 5) is 22.2. The molecule has 0 spiro atoms. The molecule has 1 aliphatic heterocycles. The predicted molar refractivity (Wildman–Crippen MR) is 61.3 cm³/mol. The molecule has 0 saturated heterocycles. The van der Waals surface area contributed by atoms with Crippen molar-refractivity contribution in [2.45, 2.75) is 11.3 Å². The third kappa shape index (κ3) is 1.80. The van der Waals surface area contributed by atoms with Crippen LogP contribution in [0.4, 0.5) is 5.69 Å². The highest BCUT2D eigenvalue weighted by Gasteiger charge is 2.41. The zero-order chi connectivity index (χ0) is 13.5. The Morgan fingerprint density at radius 3 is 2.67 bits per heavy atom. The standard InChI is InChI=1S/C10H10N2O5S/c11-6-1-2-8-7(5-6)10(15)12(18(8,16)17)4-3-9(13)14/h1-2,5H,3-4,11H2,(H,13,14). The van der Waals surface area contributed by atoms with Crippen molar-refractivity contribution in [1.82, 2.24) is 4.31 Å². The lowest BCUT2D eigenvalue weighted by Gasteiger charge is -2.13. The van der Waals surface area contributed by atoms with E-state index in [0.717, 1.165) is 0 Å². The molecule has 0 aliphatic carbocycles. The molecule has 0 saturated carbocycles. The summed E-state index contributed by atoms with van der Waals surface area (Å²) in [5.74, 6) is -1.91. The number of nitrogens with two attached hydrogens (primary N) is 1. The SMILES string of the molecule is Nc1ccc2c(c1)C(=O)N(CCC(=O)O)S2(=O)=O. The fourth-order valence-electron chi connectivity index (χ4n) is 1.72. The molecule has 1 aliphatic rings. The van der Waals surface area contributed by atoms with E-state index in [4.69, 9.17) is 10.8 Å². The van der Waals surface area contributed by atoms with Crippen molar-refractivity contribution in [1.29, 1.82) is 0 Å². The molecule has 0 atom stereocenters. The number of nitrogens with zero attached hydrogens (tertiary/aromatic N) is 1. The van der Waals surface area contributed by atoms with E-state index in [2.05, 4.69) is 0 Å². The second-order valence-corrected chi connectivity index (χ2v) is 5.61. The highest BCUT2D eigenvalue weighted by Crippen LogP contribution is 2.31. The summed E-state index contributed by atoms with van der Waals surface area (Å²) < 4.78 is 24.5. The quantitative estimate of drug-likeness (QED) is 0.740. The van der Waals surface area contributed by atoms with Crippen LogP contribution in [0.25, 0.3) is 0 Å². The average Bonchev–Trinajstić information content (AvgIpc) is 2.44. The minimum atomic E-state index is -3.94. The Labute approximate surface area is 103 Å². The lowest BCUT2D eigenvalue weighted by Crippen LogP contribution is -2.32. The van der Waals surface area contributed by atoms with Crippen molar-refractivity contribution >= 4 is 27.6 Å². The van der Waals surface area contributed by atoms with Gasteiger partial charge in [0.2, 0.25) is 0 Å². The number of rotatable bonds is 3. The number of hydrogen-bond donors (Lipinski definition) is 2. The zero-order valence-electron chi connectivity index (χ0n) is 9.16. The predicted octanol–water partition coefficient (Wildman–Crippen LogP) is -0.112. The summed E-state index contributed by atoms with van der Waals surface area (Å²) >= 11 is 0. The van der Waals surface area contributed by atoms with Crippen molar-refractivity contribution in [3.05, 3.63) is 23.8 Å². The number of carboxylic acids is 1. The van der Waals surface area contributed by atoms with Gasteiger partial charge in [-0.25, -0.2) is 12.7 Å². The minimum Gasteiger partial charge on any atom is -0.481 e. The molecule has 0 aromatic heterocycles. The number of nitrogen functional groups attached to an aromatic ring is 1. The van der Waals surface area contributed by atoms with Crippen LogP contribution in [0.3, 0.4) is 0 Å². The molecule has 3 N–H and O–H groups in total. The Kier molecular flexibility index (Phi) is 2.74. The van der Waals surface area contributed by atoms with Crippen LogP contribution in [0, 0.1) is 0 Å². The van der Waals surface area contributed by atoms with Gasteiger partial charge in [0, 0.05) is 12.2 Å².